The van der Waals surface area contributed by atoms with Crippen molar-refractivity contribution in [1.29, 1.82) is 0 Å². The van der Waals surface area contributed by atoms with Crippen LogP contribution in [0.5, 0.6) is 0 Å². The molecule has 18 heavy (non-hydrogen) atoms. The van der Waals surface area contributed by atoms with E-state index in [0.717, 1.165) is 19.4 Å². The van der Waals surface area contributed by atoms with E-state index in [2.05, 4.69) is 46.9 Å². The van der Waals surface area contributed by atoms with Crippen molar-refractivity contribution in [1.82, 2.24) is 0 Å². The van der Waals surface area contributed by atoms with E-state index in [1.807, 2.05) is 0 Å². The summed E-state index contributed by atoms with van der Waals surface area (Å²) in [4.78, 5) is 0. The molecule has 1 saturated heterocycles. The molecule has 3 rings (SSSR count). The molecule has 0 aromatic heterocycles. The predicted octanol–water partition coefficient (Wildman–Crippen LogP) is 3.64. The van der Waals surface area contributed by atoms with Crippen LogP contribution in [0.3, 0.4) is 0 Å². The van der Waals surface area contributed by atoms with Gasteiger partial charge in [-0.15, -0.1) is 0 Å². The van der Waals surface area contributed by atoms with Crippen LogP contribution in [0.4, 0.5) is 0 Å². The van der Waals surface area contributed by atoms with Gasteiger partial charge in [0.1, 0.15) is 0 Å². The van der Waals surface area contributed by atoms with Gasteiger partial charge >= 0.3 is 0 Å². The quantitative estimate of drug-likeness (QED) is 0.821. The fraction of sp³-hybridized carbons (Fsp3) is 0.600. The molecule has 2 atom stereocenters. The molecule has 1 aliphatic carbocycles. The monoisotopic (exact) mass is 357 g/mol. The van der Waals surface area contributed by atoms with Gasteiger partial charge in [-0.3, -0.25) is 0 Å². The van der Waals surface area contributed by atoms with Crippen LogP contribution in [0.25, 0.3) is 0 Å². The van der Waals surface area contributed by atoms with Crippen LogP contribution in [0.1, 0.15) is 43.7 Å². The maximum absolute atomic E-state index is 6.46. The molecular weight excluding hydrogens is 337 g/mol. The van der Waals surface area contributed by atoms with Gasteiger partial charge in [-0.2, -0.15) is 0 Å². The summed E-state index contributed by atoms with van der Waals surface area (Å²) in [6.45, 7) is 0.892. The summed E-state index contributed by atoms with van der Waals surface area (Å²) < 4.78 is 7.25. The standard InChI is InChI=1S/C15H20INO/c16-13-4-2-11(3-5-13)14(17)12-6-9-18-15(10-12)7-1-8-15/h2-5,12,14H,1,6-10,17H2. The van der Waals surface area contributed by atoms with E-state index in [0.29, 0.717) is 5.92 Å². The van der Waals surface area contributed by atoms with E-state index in [-0.39, 0.29) is 11.6 Å². The molecule has 1 aliphatic heterocycles. The lowest BCUT2D eigenvalue weighted by atomic mass is 9.70. The second-order valence-corrected chi connectivity index (χ2v) is 6.96. The minimum atomic E-state index is 0.170. The zero-order valence-corrected chi connectivity index (χ0v) is 12.7. The Labute approximate surface area is 122 Å². The van der Waals surface area contributed by atoms with Crippen LogP contribution >= 0.6 is 22.6 Å². The van der Waals surface area contributed by atoms with Gasteiger partial charge in [0.25, 0.3) is 0 Å². The minimum Gasteiger partial charge on any atom is -0.375 e. The smallest absolute Gasteiger partial charge is 0.0686 e. The third kappa shape index (κ3) is 2.45. The van der Waals surface area contributed by atoms with Crippen LogP contribution in [0.15, 0.2) is 24.3 Å². The second kappa shape index (κ2) is 5.10. The van der Waals surface area contributed by atoms with E-state index < -0.39 is 0 Å². The summed E-state index contributed by atoms with van der Waals surface area (Å²) in [5.41, 5.74) is 7.93. The molecule has 2 unspecified atom stereocenters. The number of rotatable bonds is 2. The Morgan fingerprint density at radius 3 is 2.61 bits per heavy atom. The van der Waals surface area contributed by atoms with Gasteiger partial charge in [0.2, 0.25) is 0 Å². The largest absolute Gasteiger partial charge is 0.375 e. The molecular formula is C15H20INO. The number of nitrogens with two attached hydrogens (primary N) is 1. The molecule has 1 aromatic carbocycles. The molecule has 1 spiro atoms. The van der Waals surface area contributed by atoms with Crippen LogP contribution < -0.4 is 5.73 Å². The molecule has 2 fully saturated rings. The topological polar surface area (TPSA) is 35.2 Å². The van der Waals surface area contributed by atoms with Gasteiger partial charge < -0.3 is 10.5 Å². The fourth-order valence-corrected chi connectivity index (χ4v) is 3.61. The Balaban J connectivity index is 1.71. The molecule has 1 heterocycles. The second-order valence-electron chi connectivity index (χ2n) is 5.72. The normalized spacial score (nSPS) is 27.8. The van der Waals surface area contributed by atoms with Crippen LogP contribution in [0.2, 0.25) is 0 Å². The molecule has 0 amide bonds. The van der Waals surface area contributed by atoms with Crippen molar-refractivity contribution in [3.05, 3.63) is 33.4 Å². The number of ether oxygens (including phenoxy) is 1. The molecule has 0 bridgehead atoms. The van der Waals surface area contributed by atoms with Gasteiger partial charge in [-0.25, -0.2) is 0 Å². The Morgan fingerprint density at radius 1 is 1.28 bits per heavy atom. The first-order valence-corrected chi connectivity index (χ1v) is 7.91. The van der Waals surface area contributed by atoms with E-state index in [9.17, 15) is 0 Å². The van der Waals surface area contributed by atoms with Gasteiger partial charge in [-0.05, 0) is 78.3 Å². The van der Waals surface area contributed by atoms with Gasteiger partial charge in [-0.1, -0.05) is 12.1 Å². The summed E-state index contributed by atoms with van der Waals surface area (Å²) in [6, 6.07) is 8.82. The number of hydrogen-bond donors (Lipinski definition) is 1. The lowest BCUT2D eigenvalue weighted by Gasteiger charge is -2.48. The van der Waals surface area contributed by atoms with Gasteiger partial charge in [0, 0.05) is 16.2 Å². The fourth-order valence-electron chi connectivity index (χ4n) is 3.25. The zero-order chi connectivity index (χ0) is 12.6. The summed E-state index contributed by atoms with van der Waals surface area (Å²) in [5.74, 6) is 0.583. The summed E-state index contributed by atoms with van der Waals surface area (Å²) in [7, 11) is 0. The van der Waals surface area contributed by atoms with E-state index in [1.165, 1.54) is 28.4 Å². The predicted molar refractivity (Wildman–Crippen MR) is 81.3 cm³/mol. The van der Waals surface area contributed by atoms with Crippen molar-refractivity contribution in [2.75, 3.05) is 6.61 Å². The molecule has 0 radical (unpaired) electrons. The van der Waals surface area contributed by atoms with E-state index >= 15 is 0 Å². The van der Waals surface area contributed by atoms with Gasteiger partial charge in [0.05, 0.1) is 5.60 Å². The van der Waals surface area contributed by atoms with Crippen molar-refractivity contribution in [2.45, 2.75) is 43.7 Å². The third-order valence-electron chi connectivity index (χ3n) is 4.56. The van der Waals surface area contributed by atoms with Crippen molar-refractivity contribution in [3.8, 4) is 0 Å². The Bertz CT molecular complexity index is 413. The molecule has 1 aromatic rings. The van der Waals surface area contributed by atoms with Crippen molar-refractivity contribution in [2.24, 2.45) is 11.7 Å². The maximum Gasteiger partial charge on any atom is 0.0686 e. The first kappa shape index (κ1) is 12.9. The highest BCUT2D eigenvalue weighted by molar-refractivity contribution is 14.1. The highest BCUT2D eigenvalue weighted by Crippen LogP contribution is 2.46. The molecule has 3 heteroatoms. The SMILES string of the molecule is NC(c1ccc(I)cc1)C1CCOC2(CCC2)C1. The van der Waals surface area contributed by atoms with E-state index in [4.69, 9.17) is 10.5 Å². The minimum absolute atomic E-state index is 0.170. The lowest BCUT2D eigenvalue weighted by molar-refractivity contribution is -0.146. The number of halogens is 1. The van der Waals surface area contributed by atoms with Crippen molar-refractivity contribution < 1.29 is 4.74 Å². The van der Waals surface area contributed by atoms with Crippen molar-refractivity contribution >= 4 is 22.6 Å². The maximum atomic E-state index is 6.46. The van der Waals surface area contributed by atoms with Gasteiger partial charge in [0.15, 0.2) is 0 Å². The average Bonchev–Trinajstić information content (AvgIpc) is 2.37. The molecule has 98 valence electrons. The molecule has 2 nitrogen and oxygen atoms in total. The Kier molecular flexibility index (Phi) is 3.65. The number of hydrogen-bond acceptors (Lipinski definition) is 2. The first-order valence-electron chi connectivity index (χ1n) is 6.84. The highest BCUT2D eigenvalue weighted by atomic mass is 127. The molecule has 1 saturated carbocycles. The summed E-state index contributed by atoms with van der Waals surface area (Å²) in [5, 5.41) is 0. The highest BCUT2D eigenvalue weighted by Gasteiger charge is 2.43. The molecule has 2 N–H and O–H groups in total. The first-order chi connectivity index (χ1) is 8.69. The van der Waals surface area contributed by atoms with Crippen LogP contribution in [-0.2, 0) is 4.74 Å². The third-order valence-corrected chi connectivity index (χ3v) is 5.28. The summed E-state index contributed by atoms with van der Waals surface area (Å²) in [6.07, 6.45) is 6.06. The Hall–Kier alpha value is -0.130. The number of benzene rings is 1. The van der Waals surface area contributed by atoms with E-state index in [1.54, 1.807) is 0 Å². The summed E-state index contributed by atoms with van der Waals surface area (Å²) >= 11 is 2.33. The lowest BCUT2D eigenvalue weighted by Crippen LogP contribution is -2.47. The Morgan fingerprint density at radius 2 is 2.00 bits per heavy atom. The van der Waals surface area contributed by atoms with Crippen molar-refractivity contribution in [3.63, 3.8) is 0 Å². The van der Waals surface area contributed by atoms with Crippen LogP contribution in [-0.4, -0.2) is 12.2 Å². The molecule has 2 aliphatic rings. The van der Waals surface area contributed by atoms with Crippen LogP contribution in [0, 0.1) is 9.49 Å². The average molecular weight is 357 g/mol. The zero-order valence-electron chi connectivity index (χ0n) is 10.6.